The number of thioether (sulfide) groups is 1. The molecule has 4 heteroatoms. The largest absolute Gasteiger partial charge is 0.491 e. The lowest BCUT2D eigenvalue weighted by Crippen LogP contribution is -2.20. The van der Waals surface area contributed by atoms with Crippen molar-refractivity contribution in [1.29, 1.82) is 0 Å². The Balaban J connectivity index is 1.81. The predicted octanol–water partition coefficient (Wildman–Crippen LogP) is 3.65. The molecule has 1 aliphatic rings. The van der Waals surface area contributed by atoms with Crippen molar-refractivity contribution in [1.82, 2.24) is 5.32 Å². The average Bonchev–Trinajstić information content (AvgIpc) is 2.97. The maximum absolute atomic E-state index is 5.69. The Labute approximate surface area is 132 Å². The normalized spacial score (nSPS) is 19.9. The van der Waals surface area contributed by atoms with Crippen LogP contribution in [-0.4, -0.2) is 37.4 Å². The summed E-state index contributed by atoms with van der Waals surface area (Å²) in [6, 6.07) is 8.82. The van der Waals surface area contributed by atoms with E-state index in [0.717, 1.165) is 23.9 Å². The molecule has 0 spiro atoms. The van der Waals surface area contributed by atoms with Crippen LogP contribution in [0.15, 0.2) is 24.3 Å². The molecule has 1 fully saturated rings. The zero-order valence-corrected chi connectivity index (χ0v) is 14.1. The van der Waals surface area contributed by atoms with E-state index in [4.69, 9.17) is 9.47 Å². The third-order valence-corrected chi connectivity index (χ3v) is 4.79. The Bertz CT molecular complexity index is 402. The van der Waals surface area contributed by atoms with Crippen LogP contribution in [0.2, 0.25) is 0 Å². The molecule has 0 aromatic heterocycles. The lowest BCUT2D eigenvalue weighted by atomic mass is 10.1. The molecular weight excluding hydrogens is 282 g/mol. The number of rotatable bonds is 8. The van der Waals surface area contributed by atoms with Crippen LogP contribution in [0.3, 0.4) is 0 Å². The fraction of sp³-hybridized carbons (Fsp3) is 0.647. The van der Waals surface area contributed by atoms with Crippen molar-refractivity contribution in [3.05, 3.63) is 29.8 Å². The first-order valence-corrected chi connectivity index (χ1v) is 8.97. The smallest absolute Gasteiger partial charge is 0.119 e. The Kier molecular flexibility index (Phi) is 6.87. The van der Waals surface area contributed by atoms with Crippen molar-refractivity contribution in [2.75, 3.05) is 25.2 Å². The minimum absolute atomic E-state index is 0.220. The summed E-state index contributed by atoms with van der Waals surface area (Å²) in [6.45, 7) is 5.04. The highest BCUT2D eigenvalue weighted by molar-refractivity contribution is 7.99. The predicted molar refractivity (Wildman–Crippen MR) is 90.3 cm³/mol. The summed E-state index contributed by atoms with van der Waals surface area (Å²) in [5.74, 6) is 3.11. The van der Waals surface area contributed by atoms with Crippen molar-refractivity contribution in [3.8, 4) is 5.75 Å². The van der Waals surface area contributed by atoms with Gasteiger partial charge in [-0.1, -0.05) is 12.1 Å². The molecule has 2 unspecified atom stereocenters. The maximum atomic E-state index is 5.69. The second-order valence-electron chi connectivity index (χ2n) is 5.75. The van der Waals surface area contributed by atoms with Crippen LogP contribution in [0.5, 0.6) is 5.75 Å². The van der Waals surface area contributed by atoms with Crippen molar-refractivity contribution in [2.45, 2.75) is 44.9 Å². The molecule has 21 heavy (non-hydrogen) atoms. The Hall–Kier alpha value is -0.710. The Morgan fingerprint density at radius 1 is 1.33 bits per heavy atom. The molecule has 2 rings (SSSR count). The molecule has 0 saturated carbocycles. The van der Waals surface area contributed by atoms with E-state index in [1.165, 1.54) is 18.4 Å². The minimum Gasteiger partial charge on any atom is -0.491 e. The number of ether oxygens (including phenoxy) is 2. The molecule has 0 amide bonds. The molecule has 3 nitrogen and oxygen atoms in total. The van der Waals surface area contributed by atoms with E-state index in [1.54, 1.807) is 0 Å². The van der Waals surface area contributed by atoms with Gasteiger partial charge in [0.25, 0.3) is 0 Å². The van der Waals surface area contributed by atoms with Gasteiger partial charge >= 0.3 is 0 Å². The average molecular weight is 309 g/mol. The van der Waals surface area contributed by atoms with Gasteiger partial charge in [0.1, 0.15) is 5.75 Å². The first-order valence-electron chi connectivity index (χ1n) is 7.82. The van der Waals surface area contributed by atoms with Crippen molar-refractivity contribution >= 4 is 11.8 Å². The fourth-order valence-electron chi connectivity index (χ4n) is 2.49. The summed E-state index contributed by atoms with van der Waals surface area (Å²) in [4.78, 5) is 0. The van der Waals surface area contributed by atoms with E-state index in [2.05, 4.69) is 29.6 Å². The monoisotopic (exact) mass is 309 g/mol. The maximum Gasteiger partial charge on any atom is 0.119 e. The molecule has 2 atom stereocenters. The van der Waals surface area contributed by atoms with Crippen LogP contribution in [0.4, 0.5) is 0 Å². The van der Waals surface area contributed by atoms with Gasteiger partial charge < -0.3 is 14.8 Å². The van der Waals surface area contributed by atoms with Gasteiger partial charge in [-0.2, -0.15) is 11.8 Å². The van der Waals surface area contributed by atoms with Gasteiger partial charge in [-0.3, -0.25) is 0 Å². The third-order valence-electron chi connectivity index (χ3n) is 3.61. The Morgan fingerprint density at radius 3 is 2.67 bits per heavy atom. The zero-order chi connectivity index (χ0) is 15.1. The number of nitrogens with one attached hydrogen (secondary N) is 1. The lowest BCUT2D eigenvalue weighted by molar-refractivity contribution is 0.129. The van der Waals surface area contributed by atoms with Crippen LogP contribution in [0.1, 0.15) is 38.3 Å². The van der Waals surface area contributed by atoms with Gasteiger partial charge in [-0.05, 0) is 51.4 Å². The molecule has 118 valence electrons. The van der Waals surface area contributed by atoms with E-state index >= 15 is 0 Å². The molecule has 1 aliphatic heterocycles. The van der Waals surface area contributed by atoms with E-state index in [1.807, 2.05) is 32.7 Å². The first-order chi connectivity index (χ1) is 10.2. The summed E-state index contributed by atoms with van der Waals surface area (Å²) in [6.07, 6.45) is 3.13. The molecule has 1 heterocycles. The SMILES string of the molecule is CNC(CSCC1CCCO1)c1ccc(OC(C)C)cc1. The summed E-state index contributed by atoms with van der Waals surface area (Å²) < 4.78 is 11.4. The molecule has 0 radical (unpaired) electrons. The molecule has 1 aromatic carbocycles. The summed E-state index contributed by atoms with van der Waals surface area (Å²) in [7, 11) is 2.02. The van der Waals surface area contributed by atoms with Gasteiger partial charge in [-0.25, -0.2) is 0 Å². The number of benzene rings is 1. The minimum atomic E-state index is 0.220. The summed E-state index contributed by atoms with van der Waals surface area (Å²) >= 11 is 1.97. The molecule has 1 aromatic rings. The van der Waals surface area contributed by atoms with Crippen LogP contribution < -0.4 is 10.1 Å². The second-order valence-corrected chi connectivity index (χ2v) is 6.82. The molecular formula is C17H27NO2S. The molecule has 0 bridgehead atoms. The first kappa shape index (κ1) is 16.7. The van der Waals surface area contributed by atoms with Crippen LogP contribution in [-0.2, 0) is 4.74 Å². The van der Waals surface area contributed by atoms with Crippen LogP contribution in [0.25, 0.3) is 0 Å². The standard InChI is InChI=1S/C17H27NO2S/c1-13(2)20-15-8-6-14(7-9-15)17(18-3)12-21-11-16-5-4-10-19-16/h6-9,13,16-18H,4-5,10-12H2,1-3H3. The van der Waals surface area contributed by atoms with Gasteiger partial charge in [0.15, 0.2) is 0 Å². The quantitative estimate of drug-likeness (QED) is 0.794. The van der Waals surface area contributed by atoms with Gasteiger partial charge in [0.05, 0.1) is 12.2 Å². The fourth-order valence-corrected chi connectivity index (χ4v) is 3.75. The van der Waals surface area contributed by atoms with Crippen LogP contribution >= 0.6 is 11.8 Å². The van der Waals surface area contributed by atoms with E-state index in [0.29, 0.717) is 12.1 Å². The summed E-state index contributed by atoms with van der Waals surface area (Å²) in [5, 5.41) is 3.40. The zero-order valence-electron chi connectivity index (χ0n) is 13.3. The van der Waals surface area contributed by atoms with Gasteiger partial charge in [0.2, 0.25) is 0 Å². The molecule has 0 aliphatic carbocycles. The van der Waals surface area contributed by atoms with E-state index < -0.39 is 0 Å². The van der Waals surface area contributed by atoms with Gasteiger partial charge in [-0.15, -0.1) is 0 Å². The van der Waals surface area contributed by atoms with Crippen molar-refractivity contribution in [2.24, 2.45) is 0 Å². The molecule has 1 N–H and O–H groups in total. The number of hydrogen-bond acceptors (Lipinski definition) is 4. The lowest BCUT2D eigenvalue weighted by Gasteiger charge is -2.18. The summed E-state index contributed by atoms with van der Waals surface area (Å²) in [5.41, 5.74) is 1.31. The third kappa shape index (κ3) is 5.53. The van der Waals surface area contributed by atoms with Crippen LogP contribution in [0, 0.1) is 0 Å². The van der Waals surface area contributed by atoms with Crippen molar-refractivity contribution in [3.63, 3.8) is 0 Å². The van der Waals surface area contributed by atoms with E-state index in [-0.39, 0.29) is 6.10 Å². The highest BCUT2D eigenvalue weighted by Crippen LogP contribution is 2.24. The highest BCUT2D eigenvalue weighted by atomic mass is 32.2. The topological polar surface area (TPSA) is 30.5 Å². The molecule has 1 saturated heterocycles. The highest BCUT2D eigenvalue weighted by Gasteiger charge is 2.16. The Morgan fingerprint density at radius 2 is 2.10 bits per heavy atom. The van der Waals surface area contributed by atoms with E-state index in [9.17, 15) is 0 Å². The number of hydrogen-bond donors (Lipinski definition) is 1. The second kappa shape index (κ2) is 8.66. The van der Waals surface area contributed by atoms with Gasteiger partial charge in [0, 0.05) is 24.2 Å². The van der Waals surface area contributed by atoms with Crippen molar-refractivity contribution < 1.29 is 9.47 Å².